The second-order valence-corrected chi connectivity index (χ2v) is 5.43. The van der Waals surface area contributed by atoms with Gasteiger partial charge >= 0.3 is 0 Å². The monoisotopic (exact) mass is 342 g/mol. The lowest BCUT2D eigenvalue weighted by molar-refractivity contribution is -0.184. The number of aliphatic hydroxyl groups excluding tert-OH is 2. The molecule has 0 spiro atoms. The van der Waals surface area contributed by atoms with Crippen LogP contribution in [0.1, 0.15) is 6.23 Å². The van der Waals surface area contributed by atoms with E-state index in [9.17, 15) is 15.0 Å². The van der Waals surface area contributed by atoms with Gasteiger partial charge in [0.1, 0.15) is 29.3 Å². The molecule has 4 atom stereocenters. The summed E-state index contributed by atoms with van der Waals surface area (Å²) in [6, 6.07) is 1.66. The van der Waals surface area contributed by atoms with Crippen molar-refractivity contribution < 1.29 is 24.6 Å². The summed E-state index contributed by atoms with van der Waals surface area (Å²) in [5.41, 5.74) is 0.425. The Labute approximate surface area is 136 Å². The molecule has 1 aliphatic rings. The van der Waals surface area contributed by atoms with Crippen LogP contribution >= 0.6 is 11.6 Å². The second kappa shape index (κ2) is 6.02. The summed E-state index contributed by atoms with van der Waals surface area (Å²) in [5.74, 6) is -0.606. The molecular formula is C13H15ClN4O5. The molecule has 0 saturated carbocycles. The molecule has 0 aliphatic carbocycles. The normalized spacial score (nSPS) is 27.5. The highest BCUT2D eigenvalue weighted by Crippen LogP contribution is 2.33. The highest BCUT2D eigenvalue weighted by Gasteiger charge is 2.48. The number of amides is 1. The van der Waals surface area contributed by atoms with Crippen molar-refractivity contribution in [1.82, 2.24) is 19.6 Å². The molecule has 2 aromatic rings. The fraction of sp³-hybridized carbons (Fsp3) is 0.462. The van der Waals surface area contributed by atoms with Gasteiger partial charge < -0.3 is 19.5 Å². The number of likely N-dealkylation sites (N-methyl/N-ethyl adjacent to an activating group) is 1. The van der Waals surface area contributed by atoms with Gasteiger partial charge in [-0.05, 0) is 6.07 Å². The minimum absolute atomic E-state index is 0.258. The minimum atomic E-state index is -1.40. The number of nitrogens with zero attached hydrogens (tertiary/aromatic N) is 4. The number of aliphatic hydroxyl groups is 2. The van der Waals surface area contributed by atoms with Crippen LogP contribution in [0.4, 0.5) is 0 Å². The van der Waals surface area contributed by atoms with Gasteiger partial charge in [0, 0.05) is 13.2 Å². The molecule has 1 amide bonds. The van der Waals surface area contributed by atoms with Crippen LogP contribution in [0.15, 0.2) is 18.6 Å². The molecule has 10 heteroatoms. The smallest absolute Gasteiger partial charge is 0.277 e. The highest BCUT2D eigenvalue weighted by molar-refractivity contribution is 6.33. The van der Waals surface area contributed by atoms with Crippen LogP contribution in [0.3, 0.4) is 0 Å². The Bertz CT molecular complexity index is 738. The standard InChI is InChI=1S/C13H15ClN4O5/c1-17(22-2)12(21)9-7(19)8(20)13(23-9)18-4-3-6-10(14)15-5-16-11(6)18/h3-5,7-9,13,19-20H,1-2H3/t7-,8+,9-,13+/m0/s1. The number of carbonyl (C=O) groups excluding carboxylic acids is 1. The van der Waals surface area contributed by atoms with E-state index in [0.29, 0.717) is 11.0 Å². The van der Waals surface area contributed by atoms with Crippen LogP contribution in [-0.4, -0.2) is 68.2 Å². The third-order valence-electron chi connectivity index (χ3n) is 3.80. The summed E-state index contributed by atoms with van der Waals surface area (Å²) in [5, 5.41) is 22.1. The Kier molecular flexibility index (Phi) is 4.21. The zero-order valence-electron chi connectivity index (χ0n) is 12.3. The SMILES string of the molecule is CON(C)C(=O)[C@H]1O[C@@H](n2ccc3c(Cl)ncnc32)[C@H](O)[C@@H]1O. The Morgan fingerprint density at radius 1 is 1.43 bits per heavy atom. The first kappa shape index (κ1) is 16.1. The van der Waals surface area contributed by atoms with Crippen molar-refractivity contribution in [2.75, 3.05) is 14.2 Å². The number of carbonyl (C=O) groups is 1. The van der Waals surface area contributed by atoms with Crippen molar-refractivity contribution in [3.8, 4) is 0 Å². The topological polar surface area (TPSA) is 110 Å². The van der Waals surface area contributed by atoms with Gasteiger partial charge in [-0.2, -0.15) is 0 Å². The van der Waals surface area contributed by atoms with E-state index in [2.05, 4.69) is 9.97 Å². The van der Waals surface area contributed by atoms with Crippen LogP contribution < -0.4 is 0 Å². The van der Waals surface area contributed by atoms with Crippen molar-refractivity contribution in [1.29, 1.82) is 0 Å². The maximum atomic E-state index is 12.1. The molecule has 3 heterocycles. The number of hydrogen-bond acceptors (Lipinski definition) is 7. The lowest BCUT2D eigenvalue weighted by atomic mass is 10.1. The quantitative estimate of drug-likeness (QED) is 0.583. The zero-order valence-corrected chi connectivity index (χ0v) is 13.1. The molecule has 0 unspecified atom stereocenters. The fourth-order valence-electron chi connectivity index (χ4n) is 2.51. The third kappa shape index (κ3) is 2.56. The van der Waals surface area contributed by atoms with Gasteiger partial charge in [-0.3, -0.25) is 9.63 Å². The molecule has 0 aromatic carbocycles. The molecule has 1 aliphatic heterocycles. The summed E-state index contributed by atoms with van der Waals surface area (Å²) >= 11 is 5.99. The number of hydrogen-bond donors (Lipinski definition) is 2. The third-order valence-corrected chi connectivity index (χ3v) is 4.10. The van der Waals surface area contributed by atoms with E-state index in [1.165, 1.54) is 25.1 Å². The Hall–Kier alpha value is -1.78. The summed E-state index contributed by atoms with van der Waals surface area (Å²) < 4.78 is 7.05. The van der Waals surface area contributed by atoms with Crippen LogP contribution in [0.2, 0.25) is 5.15 Å². The molecule has 3 rings (SSSR count). The van der Waals surface area contributed by atoms with Crippen molar-refractivity contribution in [3.05, 3.63) is 23.7 Å². The van der Waals surface area contributed by atoms with E-state index in [0.717, 1.165) is 5.06 Å². The maximum absolute atomic E-state index is 12.1. The number of aromatic nitrogens is 3. The van der Waals surface area contributed by atoms with E-state index in [-0.39, 0.29) is 5.15 Å². The molecule has 23 heavy (non-hydrogen) atoms. The van der Waals surface area contributed by atoms with Gasteiger partial charge in [0.25, 0.3) is 5.91 Å². The van der Waals surface area contributed by atoms with E-state index in [1.54, 1.807) is 12.3 Å². The van der Waals surface area contributed by atoms with Gasteiger partial charge in [0.15, 0.2) is 12.3 Å². The largest absolute Gasteiger partial charge is 0.387 e. The van der Waals surface area contributed by atoms with Crippen molar-refractivity contribution in [2.45, 2.75) is 24.5 Å². The number of rotatable bonds is 3. The predicted octanol–water partition coefficient (Wildman–Crippen LogP) is -0.276. The Balaban J connectivity index is 1.94. The molecule has 2 aromatic heterocycles. The molecule has 124 valence electrons. The van der Waals surface area contributed by atoms with Crippen LogP contribution in [0.25, 0.3) is 11.0 Å². The first-order valence-corrected chi connectivity index (χ1v) is 7.13. The first-order chi connectivity index (χ1) is 11.0. The lowest BCUT2D eigenvalue weighted by Crippen LogP contribution is -2.43. The van der Waals surface area contributed by atoms with Gasteiger partial charge in [-0.1, -0.05) is 11.6 Å². The highest BCUT2D eigenvalue weighted by atomic mass is 35.5. The van der Waals surface area contributed by atoms with Crippen molar-refractivity contribution in [3.63, 3.8) is 0 Å². The van der Waals surface area contributed by atoms with Crippen LogP contribution in [0.5, 0.6) is 0 Å². The fourth-order valence-corrected chi connectivity index (χ4v) is 2.70. The number of fused-ring (bicyclic) bond motifs is 1. The van der Waals surface area contributed by atoms with Crippen LogP contribution in [0, 0.1) is 0 Å². The molecule has 2 N–H and O–H groups in total. The van der Waals surface area contributed by atoms with E-state index in [4.69, 9.17) is 21.2 Å². The summed E-state index contributed by atoms with van der Waals surface area (Å²) in [4.78, 5) is 24.9. The zero-order chi connectivity index (χ0) is 16.7. The van der Waals surface area contributed by atoms with Gasteiger partial charge in [0.05, 0.1) is 12.5 Å². The molecule has 9 nitrogen and oxygen atoms in total. The molecule has 0 radical (unpaired) electrons. The Morgan fingerprint density at radius 2 is 2.17 bits per heavy atom. The maximum Gasteiger partial charge on any atom is 0.277 e. The molecule has 1 saturated heterocycles. The molecule has 0 bridgehead atoms. The second-order valence-electron chi connectivity index (χ2n) is 5.07. The average molecular weight is 343 g/mol. The lowest BCUT2D eigenvalue weighted by Gasteiger charge is -2.20. The van der Waals surface area contributed by atoms with Crippen molar-refractivity contribution >= 4 is 28.5 Å². The number of ether oxygens (including phenoxy) is 1. The van der Waals surface area contributed by atoms with Crippen LogP contribution in [-0.2, 0) is 14.4 Å². The van der Waals surface area contributed by atoms with E-state index < -0.39 is 30.4 Å². The van der Waals surface area contributed by atoms with Gasteiger partial charge in [0.2, 0.25) is 0 Å². The predicted molar refractivity (Wildman–Crippen MR) is 78.2 cm³/mol. The number of hydroxylamine groups is 2. The van der Waals surface area contributed by atoms with E-state index >= 15 is 0 Å². The molecule has 1 fully saturated rings. The average Bonchev–Trinajstić information content (AvgIpc) is 3.09. The van der Waals surface area contributed by atoms with Gasteiger partial charge in [-0.25, -0.2) is 15.0 Å². The summed E-state index contributed by atoms with van der Waals surface area (Å²) in [7, 11) is 2.70. The summed E-state index contributed by atoms with van der Waals surface area (Å²) in [6.45, 7) is 0. The Morgan fingerprint density at radius 3 is 2.87 bits per heavy atom. The van der Waals surface area contributed by atoms with Crippen molar-refractivity contribution in [2.24, 2.45) is 0 Å². The first-order valence-electron chi connectivity index (χ1n) is 6.76. The summed E-state index contributed by atoms with van der Waals surface area (Å²) in [6.07, 6.45) is -2.10. The van der Waals surface area contributed by atoms with Gasteiger partial charge in [-0.15, -0.1) is 0 Å². The minimum Gasteiger partial charge on any atom is -0.387 e. The van der Waals surface area contributed by atoms with E-state index in [1.807, 2.05) is 0 Å². The molecular weight excluding hydrogens is 328 g/mol. The number of halogens is 1.